The summed E-state index contributed by atoms with van der Waals surface area (Å²) in [5.74, 6) is 0.884. The number of thioether (sulfide) groups is 1. The van der Waals surface area contributed by atoms with Crippen molar-refractivity contribution < 1.29 is 4.39 Å². The third-order valence-electron chi connectivity index (χ3n) is 3.74. The van der Waals surface area contributed by atoms with Gasteiger partial charge in [0.1, 0.15) is 5.82 Å². The number of benzene rings is 2. The van der Waals surface area contributed by atoms with E-state index in [-0.39, 0.29) is 5.82 Å². The van der Waals surface area contributed by atoms with Crippen molar-refractivity contribution in [1.82, 2.24) is 20.2 Å². The molecule has 0 radical (unpaired) electrons. The zero-order valence-electron chi connectivity index (χ0n) is 13.6. The first kappa shape index (κ1) is 16.3. The van der Waals surface area contributed by atoms with E-state index in [0.29, 0.717) is 16.9 Å². The Balaban J connectivity index is 1.35. The minimum Gasteiger partial charge on any atom is -0.361 e. The van der Waals surface area contributed by atoms with Crippen LogP contribution in [0, 0.1) is 5.82 Å². The van der Waals surface area contributed by atoms with Gasteiger partial charge in [-0.2, -0.15) is 10.1 Å². The van der Waals surface area contributed by atoms with Crippen molar-refractivity contribution >= 4 is 34.8 Å². The van der Waals surface area contributed by atoms with Crippen LogP contribution in [0.25, 0.3) is 10.9 Å². The largest absolute Gasteiger partial charge is 0.361 e. The molecule has 0 bridgehead atoms. The Bertz CT molecular complexity index is 1040. The summed E-state index contributed by atoms with van der Waals surface area (Å²) in [6.07, 6.45) is 3.63. The Labute approximate surface area is 152 Å². The van der Waals surface area contributed by atoms with Gasteiger partial charge in [0, 0.05) is 28.4 Å². The molecular weight excluding hydrogens is 351 g/mol. The summed E-state index contributed by atoms with van der Waals surface area (Å²) in [5.41, 5.74) is 5.89. The minimum absolute atomic E-state index is 0.240. The molecule has 26 heavy (non-hydrogen) atoms. The molecule has 0 saturated heterocycles. The van der Waals surface area contributed by atoms with Crippen molar-refractivity contribution in [2.45, 2.75) is 10.9 Å². The second-order valence-electron chi connectivity index (χ2n) is 5.54. The molecule has 8 heteroatoms. The van der Waals surface area contributed by atoms with Crippen molar-refractivity contribution in [3.8, 4) is 0 Å². The minimum atomic E-state index is -0.240. The van der Waals surface area contributed by atoms with Gasteiger partial charge in [0.05, 0.1) is 6.21 Å². The van der Waals surface area contributed by atoms with Crippen molar-refractivity contribution in [1.29, 1.82) is 0 Å². The molecule has 0 amide bonds. The Kier molecular flexibility index (Phi) is 4.65. The van der Waals surface area contributed by atoms with Crippen LogP contribution < -0.4 is 5.43 Å². The number of nitrogens with one attached hydrogen (secondary N) is 3. The van der Waals surface area contributed by atoms with Gasteiger partial charge in [0.15, 0.2) is 0 Å². The van der Waals surface area contributed by atoms with Crippen molar-refractivity contribution in [2.24, 2.45) is 5.10 Å². The summed E-state index contributed by atoms with van der Waals surface area (Å²) in [7, 11) is 0. The van der Waals surface area contributed by atoms with E-state index >= 15 is 0 Å². The van der Waals surface area contributed by atoms with E-state index < -0.39 is 0 Å². The molecule has 130 valence electrons. The van der Waals surface area contributed by atoms with Crippen LogP contribution in [0.1, 0.15) is 11.1 Å². The smallest absolute Gasteiger partial charge is 0.240 e. The van der Waals surface area contributed by atoms with Gasteiger partial charge in [-0.15, -0.1) is 5.10 Å². The molecule has 0 unspecified atom stereocenters. The van der Waals surface area contributed by atoms with Crippen LogP contribution in [0.4, 0.5) is 10.3 Å². The average molecular weight is 366 g/mol. The maximum atomic E-state index is 12.9. The van der Waals surface area contributed by atoms with Crippen LogP contribution in [-0.2, 0) is 5.75 Å². The molecule has 6 nitrogen and oxygen atoms in total. The number of aromatic nitrogens is 4. The SMILES string of the molecule is Fc1ccc(CSc2n[nH]c(N/N=C/c3c[nH]c4ccccc34)n2)cc1. The number of hydrogen-bond acceptors (Lipinski definition) is 5. The first-order valence-electron chi connectivity index (χ1n) is 7.93. The standard InChI is InChI=1S/C18H15FN6S/c19-14-7-5-12(6-8-14)11-26-18-22-17(24-25-18)23-21-10-13-9-20-16-4-2-1-3-15(13)16/h1-10,20H,11H2,(H2,22,23,24,25)/b21-10+. The third-order valence-corrected chi connectivity index (χ3v) is 4.66. The second kappa shape index (κ2) is 7.40. The number of rotatable bonds is 6. The predicted octanol–water partition coefficient (Wildman–Crippen LogP) is 4.16. The number of hydrazone groups is 1. The highest BCUT2D eigenvalue weighted by atomic mass is 32.2. The van der Waals surface area contributed by atoms with Crippen LogP contribution >= 0.6 is 11.8 Å². The summed E-state index contributed by atoms with van der Waals surface area (Å²) in [6, 6.07) is 14.4. The fourth-order valence-corrected chi connectivity index (χ4v) is 3.21. The van der Waals surface area contributed by atoms with Crippen LogP contribution in [0.3, 0.4) is 0 Å². The molecule has 3 N–H and O–H groups in total. The number of hydrogen-bond donors (Lipinski definition) is 3. The lowest BCUT2D eigenvalue weighted by Crippen LogP contribution is -1.92. The van der Waals surface area contributed by atoms with Crippen molar-refractivity contribution in [2.75, 3.05) is 5.43 Å². The topological polar surface area (TPSA) is 81.8 Å². The van der Waals surface area contributed by atoms with Crippen LogP contribution in [0.15, 0.2) is 65.0 Å². The highest BCUT2D eigenvalue weighted by Crippen LogP contribution is 2.20. The highest BCUT2D eigenvalue weighted by molar-refractivity contribution is 7.98. The molecule has 0 saturated carbocycles. The van der Waals surface area contributed by atoms with Crippen molar-refractivity contribution in [3.63, 3.8) is 0 Å². The van der Waals surface area contributed by atoms with Gasteiger partial charge in [0.25, 0.3) is 0 Å². The summed E-state index contributed by atoms with van der Waals surface area (Å²) in [5, 5.41) is 12.8. The lowest BCUT2D eigenvalue weighted by molar-refractivity contribution is 0.627. The van der Waals surface area contributed by atoms with Gasteiger partial charge in [-0.1, -0.05) is 42.1 Å². The highest BCUT2D eigenvalue weighted by Gasteiger charge is 2.04. The summed E-state index contributed by atoms with van der Waals surface area (Å²) >= 11 is 1.46. The zero-order chi connectivity index (χ0) is 17.8. The van der Waals surface area contributed by atoms with E-state index in [1.165, 1.54) is 23.9 Å². The normalized spacial score (nSPS) is 11.4. The number of halogens is 1. The molecule has 0 aliphatic rings. The van der Waals surface area contributed by atoms with Crippen LogP contribution in [0.2, 0.25) is 0 Å². The van der Waals surface area contributed by atoms with Crippen LogP contribution in [0.5, 0.6) is 0 Å². The van der Waals surface area contributed by atoms with Gasteiger partial charge in [-0.25, -0.2) is 14.9 Å². The van der Waals surface area contributed by atoms with Gasteiger partial charge >= 0.3 is 0 Å². The number of H-pyrrole nitrogens is 2. The monoisotopic (exact) mass is 366 g/mol. The first-order valence-corrected chi connectivity index (χ1v) is 8.91. The molecule has 0 aliphatic carbocycles. The third kappa shape index (κ3) is 3.75. The van der Waals surface area contributed by atoms with Gasteiger partial charge < -0.3 is 4.98 Å². The number of nitrogens with zero attached hydrogens (tertiary/aromatic N) is 3. The molecule has 0 spiro atoms. The van der Waals surface area contributed by atoms with E-state index in [0.717, 1.165) is 22.0 Å². The molecule has 0 atom stereocenters. The number of anilines is 1. The molecular formula is C18H15FN6S. The van der Waals surface area contributed by atoms with Gasteiger partial charge in [-0.05, 0) is 23.8 Å². The molecule has 2 aromatic carbocycles. The molecule has 0 fully saturated rings. The Hall–Kier alpha value is -3.13. The molecule has 0 aliphatic heterocycles. The number of fused-ring (bicyclic) bond motifs is 1. The molecule has 4 aromatic rings. The summed E-state index contributed by atoms with van der Waals surface area (Å²) in [4.78, 5) is 7.51. The summed E-state index contributed by atoms with van der Waals surface area (Å²) in [6.45, 7) is 0. The fraction of sp³-hybridized carbons (Fsp3) is 0.0556. The molecule has 4 rings (SSSR count). The quantitative estimate of drug-likeness (QED) is 0.272. The Morgan fingerprint density at radius 2 is 2.00 bits per heavy atom. The molecule has 2 heterocycles. The number of aromatic amines is 2. The lowest BCUT2D eigenvalue weighted by atomic mass is 10.2. The Morgan fingerprint density at radius 3 is 2.88 bits per heavy atom. The van der Waals surface area contributed by atoms with E-state index in [1.54, 1.807) is 18.3 Å². The first-order chi connectivity index (χ1) is 12.8. The predicted molar refractivity (Wildman–Crippen MR) is 102 cm³/mol. The van der Waals surface area contributed by atoms with E-state index in [9.17, 15) is 4.39 Å². The Morgan fingerprint density at radius 1 is 1.15 bits per heavy atom. The van der Waals surface area contributed by atoms with E-state index in [4.69, 9.17) is 0 Å². The maximum Gasteiger partial charge on any atom is 0.240 e. The van der Waals surface area contributed by atoms with Crippen molar-refractivity contribution in [3.05, 3.63) is 71.7 Å². The fourth-order valence-electron chi connectivity index (χ4n) is 2.45. The second-order valence-corrected chi connectivity index (χ2v) is 6.48. The van der Waals surface area contributed by atoms with Crippen LogP contribution in [-0.4, -0.2) is 26.4 Å². The maximum absolute atomic E-state index is 12.9. The van der Waals surface area contributed by atoms with E-state index in [2.05, 4.69) is 30.7 Å². The zero-order valence-corrected chi connectivity index (χ0v) is 14.4. The summed E-state index contributed by atoms with van der Waals surface area (Å²) < 4.78 is 12.9. The molecule has 2 aromatic heterocycles. The van der Waals surface area contributed by atoms with Gasteiger partial charge in [-0.3, -0.25) is 0 Å². The van der Waals surface area contributed by atoms with Gasteiger partial charge in [0.2, 0.25) is 11.1 Å². The van der Waals surface area contributed by atoms with E-state index in [1.807, 2.05) is 30.5 Å². The number of para-hydroxylation sites is 1. The average Bonchev–Trinajstić information content (AvgIpc) is 3.29. The lowest BCUT2D eigenvalue weighted by Gasteiger charge is -1.97.